The van der Waals surface area contributed by atoms with Crippen LogP contribution in [0.5, 0.6) is 5.75 Å². The van der Waals surface area contributed by atoms with E-state index in [2.05, 4.69) is 0 Å². The molecule has 3 rings (SSSR count). The summed E-state index contributed by atoms with van der Waals surface area (Å²) in [5.74, 6) is 0.602. The lowest BCUT2D eigenvalue weighted by Crippen LogP contribution is -2.53. The summed E-state index contributed by atoms with van der Waals surface area (Å²) in [6, 6.07) is 5.64. The second-order valence-corrected chi connectivity index (χ2v) is 8.66. The first-order valence-corrected chi connectivity index (χ1v) is 9.75. The second kappa shape index (κ2) is 6.90. The van der Waals surface area contributed by atoms with Gasteiger partial charge in [0.15, 0.2) is 0 Å². The van der Waals surface area contributed by atoms with Crippen LogP contribution in [0.25, 0.3) is 10.9 Å². The summed E-state index contributed by atoms with van der Waals surface area (Å²) in [5.41, 5.74) is 1.55. The summed E-state index contributed by atoms with van der Waals surface area (Å²) in [7, 11) is 3.06. The minimum absolute atomic E-state index is 0.0919. The van der Waals surface area contributed by atoms with Crippen molar-refractivity contribution in [3.63, 3.8) is 0 Å². The minimum Gasteiger partial charge on any atom is -0.497 e. The molecule has 0 spiro atoms. The maximum Gasteiger partial charge on any atom is 0.281 e. The molecule has 0 aliphatic carbocycles. The smallest absolute Gasteiger partial charge is 0.281 e. The number of hydrogen-bond donors (Lipinski definition) is 0. The van der Waals surface area contributed by atoms with E-state index in [1.54, 1.807) is 12.0 Å². The predicted molar refractivity (Wildman–Crippen MR) is 99.6 cm³/mol. The van der Waals surface area contributed by atoms with Gasteiger partial charge in [-0.1, -0.05) is 0 Å². The molecule has 0 unspecified atom stereocenters. The fraction of sp³-hybridized carbons (Fsp3) is 0.471. The van der Waals surface area contributed by atoms with Crippen LogP contribution in [-0.2, 0) is 17.3 Å². The van der Waals surface area contributed by atoms with Gasteiger partial charge >= 0.3 is 0 Å². The zero-order valence-electron chi connectivity index (χ0n) is 15.5. The molecule has 0 bridgehead atoms. The third-order valence-corrected chi connectivity index (χ3v) is 6.68. The van der Waals surface area contributed by atoms with Gasteiger partial charge < -0.3 is 14.2 Å². The number of carbonyl (C=O) groups is 1. The fourth-order valence-corrected chi connectivity index (χ4v) is 4.28. The number of rotatable bonds is 4. The van der Waals surface area contributed by atoms with Crippen molar-refractivity contribution in [1.29, 1.82) is 0 Å². The van der Waals surface area contributed by atoms with Gasteiger partial charge in [-0.05, 0) is 18.2 Å². The molecule has 2 heterocycles. The lowest BCUT2D eigenvalue weighted by molar-refractivity contribution is 0.0697. The first-order chi connectivity index (χ1) is 12.3. The number of aryl methyl sites for hydroxylation is 1. The molecule has 1 fully saturated rings. The Hall–Kier alpha value is -2.10. The van der Waals surface area contributed by atoms with E-state index < -0.39 is 10.2 Å². The highest BCUT2D eigenvalue weighted by Crippen LogP contribution is 2.27. The van der Waals surface area contributed by atoms with E-state index in [0.29, 0.717) is 37.5 Å². The van der Waals surface area contributed by atoms with E-state index >= 15 is 0 Å². The van der Waals surface area contributed by atoms with Gasteiger partial charge in [-0.25, -0.2) is 0 Å². The van der Waals surface area contributed by atoms with Crippen LogP contribution in [0, 0.1) is 0 Å². The van der Waals surface area contributed by atoms with Crippen LogP contribution in [0.2, 0.25) is 0 Å². The molecule has 0 saturated carbocycles. The average molecular weight is 380 g/mol. The molecule has 1 amide bonds. The van der Waals surface area contributed by atoms with E-state index in [1.165, 1.54) is 22.7 Å². The van der Waals surface area contributed by atoms with Gasteiger partial charge in [0.1, 0.15) is 5.75 Å². The third kappa shape index (κ3) is 3.17. The molecule has 1 aromatic carbocycles. The van der Waals surface area contributed by atoms with Crippen molar-refractivity contribution in [3.05, 3.63) is 30.0 Å². The lowest BCUT2D eigenvalue weighted by atomic mass is 10.1. The van der Waals surface area contributed by atoms with Gasteiger partial charge in [0.25, 0.3) is 16.1 Å². The molecule has 8 nitrogen and oxygen atoms in total. The Labute approximate surface area is 153 Å². The number of methoxy groups -OCH3 is 1. The number of aromatic nitrogens is 1. The monoisotopic (exact) mass is 380 g/mol. The number of piperazine rings is 1. The zero-order valence-corrected chi connectivity index (χ0v) is 16.3. The predicted octanol–water partition coefficient (Wildman–Crippen LogP) is 0.751. The maximum absolute atomic E-state index is 13.0. The molecule has 1 aliphatic heterocycles. The minimum atomic E-state index is -3.45. The Balaban J connectivity index is 1.82. The third-order valence-electron chi connectivity index (χ3n) is 4.74. The SMILES string of the molecule is COc1ccc2c(c1)c(C(=O)N1CCN(S(=O)(=O)N(C)C)CC1)cn2C. The Morgan fingerprint density at radius 1 is 1.15 bits per heavy atom. The number of carbonyl (C=O) groups excluding carboxylic acids is 1. The van der Waals surface area contributed by atoms with Crippen LogP contribution < -0.4 is 4.74 Å². The number of amides is 1. The van der Waals surface area contributed by atoms with Crippen molar-refractivity contribution in [1.82, 2.24) is 18.1 Å². The first-order valence-electron chi connectivity index (χ1n) is 8.35. The second-order valence-electron chi connectivity index (χ2n) is 6.52. The summed E-state index contributed by atoms with van der Waals surface area (Å²) >= 11 is 0. The summed E-state index contributed by atoms with van der Waals surface area (Å²) in [6.45, 7) is 1.32. The van der Waals surface area contributed by atoms with Crippen LogP contribution in [0.1, 0.15) is 10.4 Å². The standard InChI is InChI=1S/C17H24N4O4S/c1-18(2)26(23,24)21-9-7-20(8-10-21)17(22)15-12-19(3)16-6-5-13(25-4)11-14(15)16/h5-6,11-12H,7-10H2,1-4H3. The quantitative estimate of drug-likeness (QED) is 0.785. The number of ether oxygens (including phenoxy) is 1. The molecule has 1 aromatic heterocycles. The number of hydrogen-bond acceptors (Lipinski definition) is 4. The van der Waals surface area contributed by atoms with Gasteiger partial charge in [0, 0.05) is 64.4 Å². The Kier molecular flexibility index (Phi) is 4.96. The van der Waals surface area contributed by atoms with Crippen molar-refractivity contribution in [2.45, 2.75) is 0 Å². The molecule has 142 valence electrons. The molecule has 1 saturated heterocycles. The molecule has 1 aliphatic rings. The fourth-order valence-electron chi connectivity index (χ4n) is 3.19. The summed E-state index contributed by atoms with van der Waals surface area (Å²) in [6.07, 6.45) is 1.81. The van der Waals surface area contributed by atoms with Crippen molar-refractivity contribution >= 4 is 27.0 Å². The number of benzene rings is 1. The summed E-state index contributed by atoms with van der Waals surface area (Å²) in [4.78, 5) is 14.7. The Morgan fingerprint density at radius 3 is 2.38 bits per heavy atom. The highest BCUT2D eigenvalue weighted by atomic mass is 32.2. The van der Waals surface area contributed by atoms with Crippen LogP contribution in [0.4, 0.5) is 0 Å². The van der Waals surface area contributed by atoms with E-state index in [9.17, 15) is 13.2 Å². The topological polar surface area (TPSA) is 75.1 Å². The van der Waals surface area contributed by atoms with E-state index in [-0.39, 0.29) is 5.91 Å². The zero-order chi connectivity index (χ0) is 19.1. The number of nitrogens with zero attached hydrogens (tertiary/aromatic N) is 4. The molecule has 2 aromatic rings. The van der Waals surface area contributed by atoms with Crippen molar-refractivity contribution < 1.29 is 17.9 Å². The molecule has 26 heavy (non-hydrogen) atoms. The van der Waals surface area contributed by atoms with Crippen LogP contribution in [0.3, 0.4) is 0 Å². The van der Waals surface area contributed by atoms with Gasteiger partial charge in [0.05, 0.1) is 12.7 Å². The molecular weight excluding hydrogens is 356 g/mol. The van der Waals surface area contributed by atoms with Crippen LogP contribution in [-0.4, -0.2) is 79.8 Å². The highest BCUT2D eigenvalue weighted by molar-refractivity contribution is 7.86. The Morgan fingerprint density at radius 2 is 1.81 bits per heavy atom. The van der Waals surface area contributed by atoms with Crippen molar-refractivity contribution in [3.8, 4) is 5.75 Å². The van der Waals surface area contributed by atoms with Gasteiger partial charge in [-0.15, -0.1) is 0 Å². The van der Waals surface area contributed by atoms with Crippen molar-refractivity contribution in [2.75, 3.05) is 47.4 Å². The van der Waals surface area contributed by atoms with Crippen molar-refractivity contribution in [2.24, 2.45) is 7.05 Å². The van der Waals surface area contributed by atoms with E-state index in [1.807, 2.05) is 36.0 Å². The average Bonchev–Trinajstić information content (AvgIpc) is 2.97. The van der Waals surface area contributed by atoms with Gasteiger partial charge in [0.2, 0.25) is 0 Å². The number of fused-ring (bicyclic) bond motifs is 1. The highest BCUT2D eigenvalue weighted by Gasteiger charge is 2.31. The maximum atomic E-state index is 13.0. The molecule has 0 atom stereocenters. The lowest BCUT2D eigenvalue weighted by Gasteiger charge is -2.35. The normalized spacial score (nSPS) is 16.4. The molecule has 0 N–H and O–H groups in total. The molecular formula is C17H24N4O4S. The summed E-state index contributed by atoms with van der Waals surface area (Å²) < 4.78 is 34.2. The molecule has 0 radical (unpaired) electrons. The molecule has 9 heteroatoms. The van der Waals surface area contributed by atoms with Crippen LogP contribution >= 0.6 is 0 Å². The van der Waals surface area contributed by atoms with E-state index in [4.69, 9.17) is 4.74 Å². The van der Waals surface area contributed by atoms with E-state index in [0.717, 1.165) is 10.9 Å². The first kappa shape index (κ1) is 18.7. The van der Waals surface area contributed by atoms with Crippen LogP contribution in [0.15, 0.2) is 24.4 Å². The van der Waals surface area contributed by atoms with Gasteiger partial charge in [-0.3, -0.25) is 4.79 Å². The largest absolute Gasteiger partial charge is 0.497 e. The van der Waals surface area contributed by atoms with Gasteiger partial charge in [-0.2, -0.15) is 17.0 Å². The summed E-state index contributed by atoms with van der Waals surface area (Å²) in [5, 5.41) is 0.834. The Bertz CT molecular complexity index is 928.